The zero-order chi connectivity index (χ0) is 27.7. The molecule has 1 amide bonds. The molecule has 0 spiro atoms. The molecule has 4 aromatic rings. The van der Waals surface area contributed by atoms with Crippen LogP contribution in [0.15, 0.2) is 36.9 Å². The molecule has 0 aliphatic carbocycles. The average Bonchev–Trinajstić information content (AvgIpc) is 3.60. The summed E-state index contributed by atoms with van der Waals surface area (Å²) in [6.07, 6.45) is 8.30. The summed E-state index contributed by atoms with van der Waals surface area (Å²) in [5.41, 5.74) is 11.1. The summed E-state index contributed by atoms with van der Waals surface area (Å²) in [5, 5.41) is 17.8. The summed E-state index contributed by atoms with van der Waals surface area (Å²) in [7, 11) is 0. The van der Waals surface area contributed by atoms with Crippen molar-refractivity contribution in [1.82, 2.24) is 34.3 Å². The van der Waals surface area contributed by atoms with Crippen LogP contribution in [0.3, 0.4) is 0 Å². The summed E-state index contributed by atoms with van der Waals surface area (Å²) in [6.45, 7) is 4.27. The molecule has 12 heteroatoms. The van der Waals surface area contributed by atoms with Crippen LogP contribution < -0.4 is 5.73 Å². The minimum absolute atomic E-state index is 0.00154. The Hall–Kier alpha value is -4.45. The lowest BCUT2D eigenvalue weighted by molar-refractivity contribution is -0.144. The van der Waals surface area contributed by atoms with Crippen molar-refractivity contribution in [2.75, 3.05) is 25.4 Å². The Morgan fingerprint density at radius 1 is 1.08 bits per heavy atom. The molecule has 0 bridgehead atoms. The number of piperidine rings is 1. The zero-order valence-corrected chi connectivity index (χ0v) is 21.9. The smallest absolute Gasteiger partial charge is 0.289 e. The number of aliphatic hydroxyl groups excluding tert-OH is 1. The third-order valence-electron chi connectivity index (χ3n) is 7.11. The number of amides is 1. The normalized spacial score (nSPS) is 14.2. The molecule has 5 rings (SSSR count). The van der Waals surface area contributed by atoms with Gasteiger partial charge in [0.2, 0.25) is 5.78 Å². The van der Waals surface area contributed by atoms with E-state index in [1.165, 1.54) is 11.4 Å². The average molecular weight is 531 g/mol. The van der Waals surface area contributed by atoms with Crippen LogP contribution in [0.4, 0.5) is 5.82 Å². The number of fused-ring (bicyclic) bond motifs is 1. The minimum Gasteiger partial charge on any atom is -0.394 e. The monoisotopic (exact) mass is 530 g/mol. The molecule has 0 aromatic carbocycles. The fraction of sp³-hybridized carbons (Fsp3) is 0.370. The number of ketones is 2. The van der Waals surface area contributed by atoms with Crippen molar-refractivity contribution < 1.29 is 19.5 Å². The molecule has 0 saturated carbocycles. The van der Waals surface area contributed by atoms with Crippen LogP contribution in [-0.2, 0) is 16.1 Å². The first-order chi connectivity index (χ1) is 18.8. The maximum absolute atomic E-state index is 13.0. The van der Waals surface area contributed by atoms with E-state index < -0.39 is 11.7 Å². The minimum atomic E-state index is -0.490. The number of hydrogen-bond donors (Lipinski definition) is 2. The Balaban J connectivity index is 1.51. The zero-order valence-electron chi connectivity index (χ0n) is 21.9. The summed E-state index contributed by atoms with van der Waals surface area (Å²) in [5.74, 6) is -0.963. The molecule has 1 fully saturated rings. The summed E-state index contributed by atoms with van der Waals surface area (Å²) < 4.78 is 3.14. The third kappa shape index (κ3) is 4.90. The lowest BCUT2D eigenvalue weighted by Crippen LogP contribution is -2.41. The van der Waals surface area contributed by atoms with Gasteiger partial charge in [-0.1, -0.05) is 13.0 Å². The fourth-order valence-corrected chi connectivity index (χ4v) is 5.02. The van der Waals surface area contributed by atoms with E-state index in [1.54, 1.807) is 35.1 Å². The Bertz CT molecular complexity index is 1550. The Labute approximate surface area is 224 Å². The molecule has 202 valence electrons. The number of anilines is 1. The lowest BCUT2D eigenvalue weighted by Gasteiger charge is -2.32. The second-order valence-corrected chi connectivity index (χ2v) is 9.60. The number of carbonyl (C=O) groups is 3. The third-order valence-corrected chi connectivity index (χ3v) is 7.11. The second-order valence-electron chi connectivity index (χ2n) is 9.60. The van der Waals surface area contributed by atoms with Crippen LogP contribution in [0.1, 0.15) is 55.1 Å². The van der Waals surface area contributed by atoms with E-state index in [0.717, 1.165) is 22.4 Å². The molecule has 0 atom stereocenters. The Morgan fingerprint density at radius 2 is 1.85 bits per heavy atom. The van der Waals surface area contributed by atoms with E-state index in [1.807, 2.05) is 18.3 Å². The van der Waals surface area contributed by atoms with Gasteiger partial charge < -0.3 is 15.7 Å². The van der Waals surface area contributed by atoms with Gasteiger partial charge in [0.05, 0.1) is 42.5 Å². The molecule has 1 aliphatic heterocycles. The highest BCUT2D eigenvalue weighted by Crippen LogP contribution is 2.35. The van der Waals surface area contributed by atoms with Gasteiger partial charge in [-0.3, -0.25) is 24.0 Å². The Morgan fingerprint density at radius 3 is 2.49 bits per heavy atom. The SMILES string of the molecule is CCC(=O)c1c(C2CCN(C(=O)C(C)=O)CC2)nc2c(-c3ccc(-c4cnn(CCO)c4)nc3)cnn2c1N. The van der Waals surface area contributed by atoms with Crippen LogP contribution in [-0.4, -0.2) is 76.5 Å². The number of aromatic nitrogens is 6. The van der Waals surface area contributed by atoms with Crippen LogP contribution in [0.2, 0.25) is 0 Å². The Kier molecular flexibility index (Phi) is 7.20. The van der Waals surface area contributed by atoms with Crippen molar-refractivity contribution >= 4 is 28.9 Å². The molecule has 39 heavy (non-hydrogen) atoms. The standard InChI is InChI=1S/C27H30N8O4/c1-3-22(38)23-24(17-6-8-33(9-7-17)27(39)16(2)37)32-26-20(14-31-35(26)25(23)28)18-4-5-21(29-12-18)19-13-30-34(15-19)10-11-36/h4-5,12-15,17,36H,3,6-11,28H2,1-2H3. The maximum atomic E-state index is 13.0. The van der Waals surface area contributed by atoms with Gasteiger partial charge >= 0.3 is 0 Å². The number of likely N-dealkylation sites (tertiary alicyclic amines) is 1. The number of rotatable bonds is 8. The van der Waals surface area contributed by atoms with Gasteiger partial charge in [0.15, 0.2) is 11.4 Å². The van der Waals surface area contributed by atoms with Crippen molar-refractivity contribution in [3.63, 3.8) is 0 Å². The summed E-state index contributed by atoms with van der Waals surface area (Å²) >= 11 is 0. The molecule has 4 aromatic heterocycles. The van der Waals surface area contributed by atoms with E-state index in [2.05, 4.69) is 15.2 Å². The second kappa shape index (κ2) is 10.7. The van der Waals surface area contributed by atoms with Gasteiger partial charge in [-0.15, -0.1) is 0 Å². The molecule has 5 heterocycles. The van der Waals surface area contributed by atoms with Crippen LogP contribution in [0.5, 0.6) is 0 Å². The highest BCUT2D eigenvalue weighted by Gasteiger charge is 2.31. The van der Waals surface area contributed by atoms with Crippen molar-refractivity contribution in [3.05, 3.63) is 48.2 Å². The van der Waals surface area contributed by atoms with Gasteiger partial charge in [-0.2, -0.15) is 14.7 Å². The predicted octanol–water partition coefficient (Wildman–Crippen LogP) is 2.12. The van der Waals surface area contributed by atoms with Gasteiger partial charge in [0, 0.05) is 61.4 Å². The number of pyridine rings is 1. The van der Waals surface area contributed by atoms with Crippen LogP contribution in [0, 0.1) is 0 Å². The van der Waals surface area contributed by atoms with Crippen molar-refractivity contribution in [1.29, 1.82) is 0 Å². The first kappa shape index (κ1) is 26.2. The predicted molar refractivity (Wildman–Crippen MR) is 143 cm³/mol. The van der Waals surface area contributed by atoms with E-state index >= 15 is 0 Å². The van der Waals surface area contributed by atoms with Crippen molar-refractivity contribution in [3.8, 4) is 22.4 Å². The molecule has 1 saturated heterocycles. The van der Waals surface area contributed by atoms with E-state index in [-0.39, 0.29) is 30.5 Å². The van der Waals surface area contributed by atoms with Crippen molar-refractivity contribution in [2.45, 2.75) is 45.6 Å². The number of nitrogens with zero attached hydrogens (tertiary/aromatic N) is 7. The molecule has 0 radical (unpaired) electrons. The van der Waals surface area contributed by atoms with Gasteiger partial charge in [0.25, 0.3) is 5.91 Å². The largest absolute Gasteiger partial charge is 0.394 e. The van der Waals surface area contributed by atoms with E-state index in [9.17, 15) is 14.4 Å². The molecule has 3 N–H and O–H groups in total. The van der Waals surface area contributed by atoms with E-state index in [0.29, 0.717) is 49.4 Å². The number of carbonyl (C=O) groups excluding carboxylic acids is 3. The first-order valence-corrected chi connectivity index (χ1v) is 12.9. The summed E-state index contributed by atoms with van der Waals surface area (Å²) in [6, 6.07) is 3.79. The number of nitrogens with two attached hydrogens (primary N) is 1. The number of Topliss-reactive ketones (excluding diaryl/α,β-unsaturated/α-hetero) is 2. The topological polar surface area (TPSA) is 162 Å². The van der Waals surface area contributed by atoms with Crippen molar-refractivity contribution in [2.24, 2.45) is 0 Å². The van der Waals surface area contributed by atoms with E-state index in [4.69, 9.17) is 15.8 Å². The molecule has 0 unspecified atom stereocenters. The molecular weight excluding hydrogens is 500 g/mol. The molecule has 1 aliphatic rings. The maximum Gasteiger partial charge on any atom is 0.289 e. The lowest BCUT2D eigenvalue weighted by atomic mass is 9.88. The number of nitrogen functional groups attached to an aromatic ring is 1. The summed E-state index contributed by atoms with van der Waals surface area (Å²) in [4.78, 5) is 47.8. The first-order valence-electron chi connectivity index (χ1n) is 12.9. The number of hydrogen-bond acceptors (Lipinski definition) is 9. The van der Waals surface area contributed by atoms with Gasteiger partial charge in [-0.25, -0.2) is 4.98 Å². The molecular formula is C27H30N8O4. The van der Waals surface area contributed by atoms with Gasteiger partial charge in [0.1, 0.15) is 5.82 Å². The quantitative estimate of drug-likeness (QED) is 0.257. The van der Waals surface area contributed by atoms with Crippen LogP contribution >= 0.6 is 0 Å². The highest BCUT2D eigenvalue weighted by molar-refractivity contribution is 6.35. The van der Waals surface area contributed by atoms with Crippen LogP contribution in [0.25, 0.3) is 28.0 Å². The number of aliphatic hydroxyl groups is 1. The molecule has 12 nitrogen and oxygen atoms in total. The highest BCUT2D eigenvalue weighted by atomic mass is 16.3. The fourth-order valence-electron chi connectivity index (χ4n) is 5.02. The van der Waals surface area contributed by atoms with Gasteiger partial charge in [-0.05, 0) is 18.9 Å².